The number of anilines is 3. The Balaban J connectivity index is 1.57. The zero-order valence-electron chi connectivity index (χ0n) is 18.1. The first-order valence-electron chi connectivity index (χ1n) is 10.4. The summed E-state index contributed by atoms with van der Waals surface area (Å²) in [6, 6.07) is 14.1. The number of nitrogen functional groups attached to an aromatic ring is 1. The lowest BCUT2D eigenvalue weighted by Gasteiger charge is -2.26. The number of benzene rings is 2. The molecule has 3 aromatic rings. The van der Waals surface area contributed by atoms with Crippen LogP contribution in [0.4, 0.5) is 17.6 Å². The average molecular weight is 421 g/mol. The van der Waals surface area contributed by atoms with Gasteiger partial charge in [0.2, 0.25) is 11.9 Å². The van der Waals surface area contributed by atoms with Gasteiger partial charge < -0.3 is 20.5 Å². The van der Waals surface area contributed by atoms with Crippen molar-refractivity contribution in [3.05, 3.63) is 59.4 Å². The Morgan fingerprint density at radius 3 is 2.71 bits per heavy atom. The molecule has 8 heteroatoms. The highest BCUT2D eigenvalue weighted by molar-refractivity contribution is 5.58. The van der Waals surface area contributed by atoms with Crippen molar-refractivity contribution in [2.45, 2.75) is 32.4 Å². The maximum absolute atomic E-state index is 6.00. The third-order valence-electron chi connectivity index (χ3n) is 5.59. The third-order valence-corrected chi connectivity index (χ3v) is 5.59. The lowest BCUT2D eigenvalue weighted by Crippen LogP contribution is -2.25. The van der Waals surface area contributed by atoms with E-state index in [1.54, 1.807) is 14.2 Å². The minimum absolute atomic E-state index is 0.191. The molecule has 0 saturated carbocycles. The van der Waals surface area contributed by atoms with Gasteiger partial charge in [-0.25, -0.2) is 0 Å². The van der Waals surface area contributed by atoms with E-state index in [9.17, 15) is 0 Å². The fourth-order valence-electron chi connectivity index (χ4n) is 4.05. The van der Waals surface area contributed by atoms with E-state index in [4.69, 9.17) is 15.2 Å². The number of hydrogen-bond acceptors (Lipinski definition) is 8. The van der Waals surface area contributed by atoms with Gasteiger partial charge in [-0.3, -0.25) is 4.90 Å². The first-order valence-corrected chi connectivity index (χ1v) is 10.4. The first-order chi connectivity index (χ1) is 15.1. The molecule has 1 unspecified atom stereocenters. The number of aryl methyl sites for hydroxylation is 1. The largest absolute Gasteiger partial charge is 0.497 e. The molecule has 0 aliphatic carbocycles. The molecule has 0 spiro atoms. The van der Waals surface area contributed by atoms with Crippen LogP contribution in [0.5, 0.6) is 11.5 Å². The molecule has 1 aromatic heterocycles. The zero-order chi connectivity index (χ0) is 21.8. The molecule has 162 valence electrons. The fourth-order valence-corrected chi connectivity index (χ4v) is 4.05. The van der Waals surface area contributed by atoms with Crippen LogP contribution in [0, 0.1) is 6.92 Å². The van der Waals surface area contributed by atoms with Crippen molar-refractivity contribution in [2.75, 3.05) is 31.8 Å². The van der Waals surface area contributed by atoms with Crippen molar-refractivity contribution in [2.24, 2.45) is 0 Å². The van der Waals surface area contributed by atoms with Gasteiger partial charge in [0.25, 0.3) is 0 Å². The normalized spacial score (nSPS) is 16.3. The Bertz CT molecular complexity index is 1060. The van der Waals surface area contributed by atoms with Crippen LogP contribution < -0.4 is 20.5 Å². The number of nitrogens with one attached hydrogen (secondary N) is 1. The van der Waals surface area contributed by atoms with Gasteiger partial charge in [-0.05, 0) is 56.1 Å². The lowest BCUT2D eigenvalue weighted by molar-refractivity contribution is 0.236. The molecule has 1 atom stereocenters. The van der Waals surface area contributed by atoms with Crippen molar-refractivity contribution in [3.8, 4) is 11.5 Å². The van der Waals surface area contributed by atoms with Crippen LogP contribution in [-0.4, -0.2) is 40.6 Å². The van der Waals surface area contributed by atoms with Crippen LogP contribution in [0.25, 0.3) is 0 Å². The summed E-state index contributed by atoms with van der Waals surface area (Å²) in [5.41, 5.74) is 9.16. The topological polar surface area (TPSA) is 98.4 Å². The predicted octanol–water partition coefficient (Wildman–Crippen LogP) is 3.86. The molecule has 1 fully saturated rings. The van der Waals surface area contributed by atoms with Gasteiger partial charge in [0.1, 0.15) is 17.3 Å². The molecule has 8 nitrogen and oxygen atoms in total. The van der Waals surface area contributed by atoms with E-state index >= 15 is 0 Å². The zero-order valence-corrected chi connectivity index (χ0v) is 18.1. The SMILES string of the molecule is COc1ccc(OC)c(C2CCCN2Cc2nc(N)nc(Nc3ccccc3C)n2)c1. The predicted molar refractivity (Wildman–Crippen MR) is 121 cm³/mol. The van der Waals surface area contributed by atoms with Gasteiger partial charge in [-0.1, -0.05) is 18.2 Å². The minimum Gasteiger partial charge on any atom is -0.497 e. The molecule has 31 heavy (non-hydrogen) atoms. The molecular formula is C23H28N6O2. The third kappa shape index (κ3) is 4.69. The Kier molecular flexibility index (Phi) is 6.18. The highest BCUT2D eigenvalue weighted by atomic mass is 16.5. The van der Waals surface area contributed by atoms with Crippen LogP contribution in [0.1, 0.15) is 35.8 Å². The molecule has 1 aliphatic heterocycles. The van der Waals surface area contributed by atoms with Crippen LogP contribution >= 0.6 is 0 Å². The average Bonchev–Trinajstić information content (AvgIpc) is 3.22. The first kappa shape index (κ1) is 20.9. The summed E-state index contributed by atoms with van der Waals surface area (Å²) in [4.78, 5) is 15.6. The lowest BCUT2D eigenvalue weighted by atomic mass is 10.0. The summed E-state index contributed by atoms with van der Waals surface area (Å²) in [7, 11) is 3.37. The molecule has 1 aliphatic rings. The van der Waals surface area contributed by atoms with Crippen molar-refractivity contribution in [3.63, 3.8) is 0 Å². The van der Waals surface area contributed by atoms with Gasteiger partial charge in [-0.15, -0.1) is 0 Å². The summed E-state index contributed by atoms with van der Waals surface area (Å²) < 4.78 is 11.1. The van der Waals surface area contributed by atoms with Crippen molar-refractivity contribution < 1.29 is 9.47 Å². The van der Waals surface area contributed by atoms with E-state index in [-0.39, 0.29) is 12.0 Å². The molecule has 1 saturated heterocycles. The molecule has 0 amide bonds. The Labute approximate surface area is 182 Å². The van der Waals surface area contributed by atoms with E-state index < -0.39 is 0 Å². The molecule has 2 heterocycles. The molecule has 4 rings (SSSR count). The summed E-state index contributed by atoms with van der Waals surface area (Å²) in [6.07, 6.45) is 2.11. The molecule has 2 aromatic carbocycles. The summed E-state index contributed by atoms with van der Waals surface area (Å²) >= 11 is 0. The number of hydrogen-bond donors (Lipinski definition) is 2. The Morgan fingerprint density at radius 2 is 1.94 bits per heavy atom. The molecule has 0 bridgehead atoms. The van der Waals surface area contributed by atoms with Gasteiger partial charge in [0.05, 0.1) is 20.8 Å². The van der Waals surface area contributed by atoms with Gasteiger partial charge in [-0.2, -0.15) is 15.0 Å². The fraction of sp³-hybridized carbons (Fsp3) is 0.348. The number of nitrogens with zero attached hydrogens (tertiary/aromatic N) is 4. The molecular weight excluding hydrogens is 392 g/mol. The van der Waals surface area contributed by atoms with Gasteiger partial charge in [0.15, 0.2) is 0 Å². The number of methoxy groups -OCH3 is 2. The maximum Gasteiger partial charge on any atom is 0.232 e. The summed E-state index contributed by atoms with van der Waals surface area (Å²) in [5, 5.41) is 3.26. The van der Waals surface area contributed by atoms with Crippen molar-refractivity contribution >= 4 is 17.6 Å². The van der Waals surface area contributed by atoms with Crippen molar-refractivity contribution in [1.82, 2.24) is 19.9 Å². The van der Waals surface area contributed by atoms with E-state index in [1.807, 2.05) is 43.3 Å². The Hall–Kier alpha value is -3.39. The van der Waals surface area contributed by atoms with Crippen molar-refractivity contribution in [1.29, 1.82) is 0 Å². The second-order valence-electron chi connectivity index (χ2n) is 7.61. The van der Waals surface area contributed by atoms with Gasteiger partial charge in [0, 0.05) is 17.3 Å². The second kappa shape index (κ2) is 9.18. The molecule has 0 radical (unpaired) electrons. The minimum atomic E-state index is 0.191. The number of likely N-dealkylation sites (tertiary alicyclic amines) is 1. The van der Waals surface area contributed by atoms with Crippen LogP contribution in [-0.2, 0) is 6.54 Å². The number of ether oxygens (including phenoxy) is 2. The van der Waals surface area contributed by atoms with E-state index in [0.29, 0.717) is 18.3 Å². The molecule has 3 N–H and O–H groups in total. The Morgan fingerprint density at radius 1 is 1.10 bits per heavy atom. The van der Waals surface area contributed by atoms with E-state index in [0.717, 1.165) is 47.7 Å². The van der Waals surface area contributed by atoms with E-state index in [2.05, 4.69) is 31.2 Å². The monoisotopic (exact) mass is 420 g/mol. The van der Waals surface area contributed by atoms with E-state index in [1.165, 1.54) is 0 Å². The highest BCUT2D eigenvalue weighted by Crippen LogP contribution is 2.39. The summed E-state index contributed by atoms with van der Waals surface area (Å²) in [5.74, 6) is 2.96. The quantitative estimate of drug-likeness (QED) is 0.595. The summed E-state index contributed by atoms with van der Waals surface area (Å²) in [6.45, 7) is 3.54. The number of para-hydroxylation sites is 1. The number of aromatic nitrogens is 3. The standard InChI is InChI=1S/C23H28N6O2/c1-15-7-4-5-8-18(15)25-23-27-21(26-22(24)28-23)14-29-12-6-9-19(29)17-13-16(30-2)10-11-20(17)31-3/h4-5,7-8,10-11,13,19H,6,9,12,14H2,1-3H3,(H3,24,25,26,27,28). The number of nitrogens with two attached hydrogens (primary N) is 1. The van der Waals surface area contributed by atoms with Gasteiger partial charge >= 0.3 is 0 Å². The second-order valence-corrected chi connectivity index (χ2v) is 7.61. The van der Waals surface area contributed by atoms with Crippen LogP contribution in [0.15, 0.2) is 42.5 Å². The smallest absolute Gasteiger partial charge is 0.232 e. The van der Waals surface area contributed by atoms with Crippen LogP contribution in [0.2, 0.25) is 0 Å². The number of rotatable bonds is 7. The van der Waals surface area contributed by atoms with Crippen LogP contribution in [0.3, 0.4) is 0 Å². The highest BCUT2D eigenvalue weighted by Gasteiger charge is 2.29. The maximum atomic E-state index is 6.00.